The maximum absolute atomic E-state index is 11.5. The third-order valence-corrected chi connectivity index (χ3v) is 5.73. The summed E-state index contributed by atoms with van der Waals surface area (Å²) in [5.74, 6) is 0. The predicted molar refractivity (Wildman–Crippen MR) is 71.3 cm³/mol. The normalized spacial score (nSPS) is 12.5. The lowest BCUT2D eigenvalue weighted by Gasteiger charge is -2.20. The number of sulfonamides is 2. The van der Waals surface area contributed by atoms with Crippen LogP contribution in [-0.2, 0) is 20.0 Å². The number of hydrogen-bond donors (Lipinski definition) is 0. The van der Waals surface area contributed by atoms with Gasteiger partial charge in [-0.2, -0.15) is 3.71 Å². The highest BCUT2D eigenvalue weighted by Gasteiger charge is 2.28. The molecule has 0 bridgehead atoms. The van der Waals surface area contributed by atoms with Crippen molar-refractivity contribution in [3.8, 4) is 0 Å². The van der Waals surface area contributed by atoms with Crippen molar-refractivity contribution >= 4 is 53.3 Å². The van der Waals surface area contributed by atoms with Crippen LogP contribution in [0.25, 0.3) is 0 Å². The van der Waals surface area contributed by atoms with Gasteiger partial charge in [-0.05, 0) is 18.2 Å². The minimum Gasteiger partial charge on any atom is -0.206 e. The van der Waals surface area contributed by atoms with Gasteiger partial charge >= 0.3 is 0 Å². The lowest BCUT2D eigenvalue weighted by molar-refractivity contribution is 0.590. The van der Waals surface area contributed by atoms with Gasteiger partial charge in [0.1, 0.15) is 0 Å². The molecule has 17 heavy (non-hydrogen) atoms. The summed E-state index contributed by atoms with van der Waals surface area (Å²) in [6, 6.07) is 4.24. The number of benzene rings is 1. The third kappa shape index (κ3) is 3.57. The standard InChI is InChI=1S/C8H9BrClNO4S2/c1-16(12,13)11(17(2,14)15)8-4-3-6(9)5-7(8)10/h3-5H,1-2H3. The van der Waals surface area contributed by atoms with Crippen LogP contribution in [0.1, 0.15) is 0 Å². The summed E-state index contributed by atoms with van der Waals surface area (Å²) in [4.78, 5) is 0. The van der Waals surface area contributed by atoms with Crippen LogP contribution in [0.4, 0.5) is 5.69 Å². The van der Waals surface area contributed by atoms with Crippen molar-refractivity contribution in [1.82, 2.24) is 0 Å². The topological polar surface area (TPSA) is 71.5 Å². The second-order valence-electron chi connectivity index (χ2n) is 3.32. The second-order valence-corrected chi connectivity index (χ2v) is 8.54. The van der Waals surface area contributed by atoms with Crippen LogP contribution in [0.2, 0.25) is 5.02 Å². The Morgan fingerprint density at radius 2 is 1.59 bits per heavy atom. The molecule has 0 atom stereocenters. The van der Waals surface area contributed by atoms with E-state index in [1.165, 1.54) is 18.2 Å². The molecule has 1 aromatic carbocycles. The average molecular weight is 363 g/mol. The van der Waals surface area contributed by atoms with E-state index in [1.807, 2.05) is 0 Å². The van der Waals surface area contributed by atoms with Gasteiger partial charge in [0.05, 0.1) is 23.2 Å². The highest BCUT2D eigenvalue weighted by atomic mass is 79.9. The van der Waals surface area contributed by atoms with Crippen molar-refractivity contribution in [2.24, 2.45) is 0 Å². The van der Waals surface area contributed by atoms with Crippen molar-refractivity contribution in [3.63, 3.8) is 0 Å². The van der Waals surface area contributed by atoms with E-state index in [1.54, 1.807) is 0 Å². The number of halogens is 2. The molecule has 0 saturated carbocycles. The van der Waals surface area contributed by atoms with Gasteiger partial charge in [0.2, 0.25) is 20.0 Å². The molecule has 0 heterocycles. The summed E-state index contributed by atoms with van der Waals surface area (Å²) in [5, 5.41) is 0.0234. The molecule has 5 nitrogen and oxygen atoms in total. The van der Waals surface area contributed by atoms with E-state index in [2.05, 4.69) is 15.9 Å². The zero-order valence-corrected chi connectivity index (χ0v) is 12.9. The molecule has 0 saturated heterocycles. The van der Waals surface area contributed by atoms with Gasteiger partial charge < -0.3 is 0 Å². The molecule has 0 fully saturated rings. The zero-order chi connectivity index (χ0) is 13.4. The Kier molecular flexibility index (Phi) is 4.12. The molecule has 1 rings (SSSR count). The predicted octanol–water partition coefficient (Wildman–Crippen LogP) is 1.83. The van der Waals surface area contributed by atoms with Gasteiger partial charge in [-0.25, -0.2) is 16.8 Å². The number of rotatable bonds is 3. The van der Waals surface area contributed by atoms with E-state index in [9.17, 15) is 16.8 Å². The molecule has 0 N–H and O–H groups in total. The van der Waals surface area contributed by atoms with Crippen LogP contribution in [0, 0.1) is 0 Å². The highest BCUT2D eigenvalue weighted by molar-refractivity contribution is 9.10. The Balaban J connectivity index is 3.56. The molecule has 0 aliphatic rings. The molecule has 1 aromatic rings. The molecule has 0 aliphatic heterocycles. The van der Waals surface area contributed by atoms with Crippen LogP contribution in [0.3, 0.4) is 0 Å². The molecule has 0 aromatic heterocycles. The van der Waals surface area contributed by atoms with Gasteiger partial charge in [-0.1, -0.05) is 27.5 Å². The Morgan fingerprint density at radius 3 is 1.94 bits per heavy atom. The van der Waals surface area contributed by atoms with Gasteiger partial charge in [-0.15, -0.1) is 0 Å². The quantitative estimate of drug-likeness (QED) is 0.822. The fourth-order valence-corrected chi connectivity index (χ4v) is 5.09. The summed E-state index contributed by atoms with van der Waals surface area (Å²) in [6.45, 7) is 0. The fraction of sp³-hybridized carbons (Fsp3) is 0.250. The maximum Gasteiger partial charge on any atom is 0.245 e. The highest BCUT2D eigenvalue weighted by Crippen LogP contribution is 2.31. The molecule has 0 radical (unpaired) electrons. The maximum atomic E-state index is 11.5. The van der Waals surface area contributed by atoms with Crippen LogP contribution < -0.4 is 3.71 Å². The lowest BCUT2D eigenvalue weighted by Crippen LogP contribution is -2.35. The van der Waals surface area contributed by atoms with Crippen LogP contribution in [-0.4, -0.2) is 29.3 Å². The largest absolute Gasteiger partial charge is 0.245 e. The molecule has 0 unspecified atom stereocenters. The molecule has 9 heteroatoms. The van der Waals surface area contributed by atoms with E-state index in [0.717, 1.165) is 12.5 Å². The first-order valence-corrected chi connectivity index (χ1v) is 9.06. The minimum absolute atomic E-state index is 0.0234. The van der Waals surface area contributed by atoms with Crippen molar-refractivity contribution in [2.45, 2.75) is 0 Å². The van der Waals surface area contributed by atoms with Crippen molar-refractivity contribution < 1.29 is 16.8 Å². The first-order valence-electron chi connectivity index (χ1n) is 4.19. The van der Waals surface area contributed by atoms with E-state index >= 15 is 0 Å². The van der Waals surface area contributed by atoms with Gasteiger partial charge in [-0.3, -0.25) is 0 Å². The summed E-state index contributed by atoms with van der Waals surface area (Å²) in [7, 11) is -7.93. The number of anilines is 1. The summed E-state index contributed by atoms with van der Waals surface area (Å²) in [6.07, 6.45) is 1.60. The lowest BCUT2D eigenvalue weighted by atomic mass is 10.3. The van der Waals surface area contributed by atoms with Crippen LogP contribution in [0.15, 0.2) is 22.7 Å². The molecule has 0 amide bonds. The zero-order valence-electron chi connectivity index (χ0n) is 8.88. The monoisotopic (exact) mass is 361 g/mol. The molecule has 0 aliphatic carbocycles. The second kappa shape index (κ2) is 4.75. The van der Waals surface area contributed by atoms with E-state index in [0.29, 0.717) is 8.18 Å². The Morgan fingerprint density at radius 1 is 1.12 bits per heavy atom. The first-order chi connectivity index (χ1) is 7.53. The van der Waals surface area contributed by atoms with E-state index < -0.39 is 20.0 Å². The van der Waals surface area contributed by atoms with Gasteiger partial charge in [0.15, 0.2) is 0 Å². The molecule has 96 valence electrons. The Labute approximate surface area is 114 Å². The number of hydrogen-bond acceptors (Lipinski definition) is 4. The van der Waals surface area contributed by atoms with E-state index in [-0.39, 0.29) is 10.7 Å². The summed E-state index contributed by atoms with van der Waals surface area (Å²) in [5.41, 5.74) is -0.0973. The molecule has 0 spiro atoms. The van der Waals surface area contributed by atoms with Crippen molar-refractivity contribution in [3.05, 3.63) is 27.7 Å². The van der Waals surface area contributed by atoms with Crippen LogP contribution in [0.5, 0.6) is 0 Å². The minimum atomic E-state index is -3.97. The molecular weight excluding hydrogens is 354 g/mol. The Bertz CT molecular complexity index is 609. The first kappa shape index (κ1) is 14.7. The van der Waals surface area contributed by atoms with Crippen molar-refractivity contribution in [2.75, 3.05) is 16.2 Å². The number of nitrogens with zero attached hydrogens (tertiary/aromatic N) is 1. The summed E-state index contributed by atoms with van der Waals surface area (Å²) >= 11 is 8.98. The summed E-state index contributed by atoms with van der Waals surface area (Å²) < 4.78 is 46.9. The van der Waals surface area contributed by atoms with Gasteiger partial charge in [0, 0.05) is 4.47 Å². The van der Waals surface area contributed by atoms with Gasteiger partial charge in [0.25, 0.3) is 0 Å². The smallest absolute Gasteiger partial charge is 0.206 e. The van der Waals surface area contributed by atoms with Crippen LogP contribution >= 0.6 is 27.5 Å². The average Bonchev–Trinajstić information content (AvgIpc) is 2.04. The van der Waals surface area contributed by atoms with Crippen molar-refractivity contribution in [1.29, 1.82) is 0 Å². The third-order valence-electron chi connectivity index (χ3n) is 1.71. The Hall–Kier alpha value is -0.310. The SMILES string of the molecule is CS(=O)(=O)N(c1ccc(Br)cc1Cl)S(C)(=O)=O. The van der Waals surface area contributed by atoms with E-state index in [4.69, 9.17) is 11.6 Å². The fourth-order valence-electron chi connectivity index (χ4n) is 1.23. The molecular formula is C8H9BrClNO4S2.